The number of carbonyl (C=O) groups is 2. The number of rotatable bonds is 7. The molecule has 0 radical (unpaired) electrons. The molecular formula is C24H28N2O3. The Kier molecular flexibility index (Phi) is 6.37. The maximum Gasteiger partial charge on any atom is 0.308 e. The minimum absolute atomic E-state index is 0.0971. The minimum atomic E-state index is -0.429. The molecule has 0 aliphatic heterocycles. The van der Waals surface area contributed by atoms with E-state index in [4.69, 9.17) is 4.74 Å². The zero-order valence-corrected chi connectivity index (χ0v) is 17.4. The van der Waals surface area contributed by atoms with E-state index in [9.17, 15) is 9.59 Å². The van der Waals surface area contributed by atoms with Crippen LogP contribution in [0.15, 0.2) is 48.5 Å². The normalized spacial score (nSPS) is 12.2. The second-order valence-electron chi connectivity index (χ2n) is 7.73. The van der Waals surface area contributed by atoms with Crippen LogP contribution < -0.4 is 5.32 Å². The third kappa shape index (κ3) is 5.25. The molecule has 152 valence electrons. The zero-order valence-electron chi connectivity index (χ0n) is 17.4. The van der Waals surface area contributed by atoms with Crippen LogP contribution in [0.3, 0.4) is 0 Å². The zero-order chi connectivity index (χ0) is 21.0. The first kappa shape index (κ1) is 20.6. The average molecular weight is 392 g/mol. The molecular weight excluding hydrogens is 364 g/mol. The lowest BCUT2D eigenvalue weighted by molar-refractivity contribution is -0.148. The van der Waals surface area contributed by atoms with Gasteiger partial charge in [-0.3, -0.25) is 9.59 Å². The van der Waals surface area contributed by atoms with Crippen LogP contribution >= 0.6 is 0 Å². The van der Waals surface area contributed by atoms with Crippen LogP contribution in [0.5, 0.6) is 0 Å². The monoisotopic (exact) mass is 392 g/mol. The third-order valence-corrected chi connectivity index (χ3v) is 4.89. The summed E-state index contributed by atoms with van der Waals surface area (Å²) in [6.45, 7) is 7.65. The Balaban J connectivity index is 1.79. The van der Waals surface area contributed by atoms with Crippen molar-refractivity contribution in [1.29, 1.82) is 0 Å². The van der Waals surface area contributed by atoms with Crippen LogP contribution in [0.4, 0.5) is 0 Å². The number of aromatic nitrogens is 1. The number of nitrogens with one attached hydrogen (secondary N) is 2. The number of H-pyrrole nitrogens is 1. The fraction of sp³-hybridized carbons (Fsp3) is 0.333. The number of carbonyl (C=O) groups excluding carboxylic acids is 2. The van der Waals surface area contributed by atoms with Gasteiger partial charge in [0.25, 0.3) is 0 Å². The van der Waals surface area contributed by atoms with Gasteiger partial charge in [-0.05, 0) is 51.0 Å². The van der Waals surface area contributed by atoms with Crippen molar-refractivity contribution in [2.75, 3.05) is 0 Å². The molecule has 3 rings (SSSR count). The van der Waals surface area contributed by atoms with Crippen molar-refractivity contribution in [3.63, 3.8) is 0 Å². The Morgan fingerprint density at radius 2 is 1.79 bits per heavy atom. The van der Waals surface area contributed by atoms with E-state index in [0.717, 1.165) is 33.3 Å². The summed E-state index contributed by atoms with van der Waals surface area (Å²) in [4.78, 5) is 28.5. The molecule has 1 aromatic heterocycles. The van der Waals surface area contributed by atoms with Gasteiger partial charge in [-0.1, -0.05) is 42.0 Å². The van der Waals surface area contributed by atoms with E-state index >= 15 is 0 Å². The Bertz CT molecular complexity index is 1010. The quantitative estimate of drug-likeness (QED) is 0.581. The van der Waals surface area contributed by atoms with Crippen molar-refractivity contribution in [1.82, 2.24) is 10.3 Å². The molecule has 0 fully saturated rings. The van der Waals surface area contributed by atoms with E-state index in [-0.39, 0.29) is 30.8 Å². The molecule has 0 aliphatic rings. The molecule has 1 amide bonds. The van der Waals surface area contributed by atoms with Gasteiger partial charge in [0.2, 0.25) is 5.91 Å². The van der Waals surface area contributed by atoms with Crippen molar-refractivity contribution >= 4 is 22.8 Å². The van der Waals surface area contributed by atoms with Gasteiger partial charge in [-0.25, -0.2) is 0 Å². The first-order valence-electron chi connectivity index (χ1n) is 9.95. The number of aryl methyl sites for hydroxylation is 2. The largest absolute Gasteiger partial charge is 0.463 e. The van der Waals surface area contributed by atoms with Crippen LogP contribution in [-0.4, -0.2) is 23.0 Å². The maximum absolute atomic E-state index is 12.9. The van der Waals surface area contributed by atoms with Crippen LogP contribution in [0.2, 0.25) is 0 Å². The van der Waals surface area contributed by atoms with Gasteiger partial charge in [0.15, 0.2) is 0 Å². The maximum atomic E-state index is 12.9. The van der Waals surface area contributed by atoms with E-state index in [0.29, 0.717) is 0 Å². The lowest BCUT2D eigenvalue weighted by Gasteiger charge is -2.19. The van der Waals surface area contributed by atoms with Crippen LogP contribution in [0.1, 0.15) is 48.7 Å². The third-order valence-electron chi connectivity index (χ3n) is 4.89. The number of fused-ring (bicyclic) bond motifs is 1. The highest BCUT2D eigenvalue weighted by Gasteiger charge is 2.21. The molecule has 1 heterocycles. The second kappa shape index (κ2) is 8.95. The molecule has 0 saturated carbocycles. The number of ether oxygens (including phenoxy) is 1. The summed E-state index contributed by atoms with van der Waals surface area (Å²) in [6.07, 6.45) is 0.157. The van der Waals surface area contributed by atoms with Crippen molar-refractivity contribution in [3.8, 4) is 0 Å². The van der Waals surface area contributed by atoms with Gasteiger partial charge in [0.05, 0.1) is 25.0 Å². The van der Waals surface area contributed by atoms with Gasteiger partial charge in [-0.15, -0.1) is 0 Å². The van der Waals surface area contributed by atoms with Gasteiger partial charge < -0.3 is 15.0 Å². The molecule has 1 unspecified atom stereocenters. The fourth-order valence-electron chi connectivity index (χ4n) is 3.55. The lowest BCUT2D eigenvalue weighted by Crippen LogP contribution is -2.32. The highest BCUT2D eigenvalue weighted by atomic mass is 16.5. The van der Waals surface area contributed by atoms with Gasteiger partial charge >= 0.3 is 5.97 Å². The molecule has 29 heavy (non-hydrogen) atoms. The topological polar surface area (TPSA) is 71.2 Å². The number of hydrogen-bond acceptors (Lipinski definition) is 3. The molecule has 0 spiro atoms. The Hall–Kier alpha value is -3.08. The highest BCUT2D eigenvalue weighted by molar-refractivity contribution is 5.90. The van der Waals surface area contributed by atoms with Crippen LogP contribution in [-0.2, 0) is 20.7 Å². The molecule has 3 aromatic rings. The lowest BCUT2D eigenvalue weighted by atomic mass is 10.0. The second-order valence-corrected chi connectivity index (χ2v) is 7.73. The molecule has 1 atom stereocenters. The van der Waals surface area contributed by atoms with Crippen molar-refractivity contribution in [2.24, 2.45) is 0 Å². The van der Waals surface area contributed by atoms with Gasteiger partial charge in [-0.2, -0.15) is 0 Å². The number of esters is 1. The summed E-state index contributed by atoms with van der Waals surface area (Å²) in [5.74, 6) is -0.449. The highest BCUT2D eigenvalue weighted by Crippen LogP contribution is 2.24. The average Bonchev–Trinajstić information content (AvgIpc) is 2.96. The van der Waals surface area contributed by atoms with Gasteiger partial charge in [0.1, 0.15) is 0 Å². The molecule has 0 saturated heterocycles. The number of aromatic amines is 1. The van der Waals surface area contributed by atoms with E-state index < -0.39 is 6.04 Å². The minimum Gasteiger partial charge on any atom is -0.463 e. The summed E-state index contributed by atoms with van der Waals surface area (Å²) in [5.41, 5.74) is 5.02. The fourth-order valence-corrected chi connectivity index (χ4v) is 3.55. The molecule has 0 aliphatic carbocycles. The van der Waals surface area contributed by atoms with Crippen LogP contribution in [0, 0.1) is 13.8 Å². The first-order chi connectivity index (χ1) is 13.8. The molecule has 2 N–H and O–H groups in total. The van der Waals surface area contributed by atoms with Gasteiger partial charge in [0, 0.05) is 16.6 Å². The molecule has 2 aromatic carbocycles. The smallest absolute Gasteiger partial charge is 0.308 e. The van der Waals surface area contributed by atoms with E-state index in [2.05, 4.69) is 16.4 Å². The van der Waals surface area contributed by atoms with Crippen molar-refractivity contribution in [2.45, 2.75) is 52.7 Å². The van der Waals surface area contributed by atoms with E-state index in [1.807, 2.05) is 70.2 Å². The van der Waals surface area contributed by atoms with Crippen LogP contribution in [0.25, 0.3) is 10.9 Å². The summed E-state index contributed by atoms with van der Waals surface area (Å²) in [6, 6.07) is 15.3. The van der Waals surface area contributed by atoms with Crippen molar-refractivity contribution < 1.29 is 14.3 Å². The SMILES string of the molecule is Cc1ccc2[nH]c(C)c(CC(=O)NC(CC(=O)OC(C)C)c3ccccc3)c2c1. The van der Waals surface area contributed by atoms with E-state index in [1.165, 1.54) is 0 Å². The Morgan fingerprint density at radius 1 is 1.07 bits per heavy atom. The predicted molar refractivity (Wildman–Crippen MR) is 115 cm³/mol. The summed E-state index contributed by atoms with van der Waals surface area (Å²) in [7, 11) is 0. The Labute approximate surface area is 171 Å². The first-order valence-corrected chi connectivity index (χ1v) is 9.95. The number of benzene rings is 2. The summed E-state index contributed by atoms with van der Waals surface area (Å²) >= 11 is 0. The number of hydrogen-bond donors (Lipinski definition) is 2. The molecule has 5 heteroatoms. The molecule has 0 bridgehead atoms. The van der Waals surface area contributed by atoms with Crippen molar-refractivity contribution in [3.05, 3.63) is 70.9 Å². The predicted octanol–water partition coefficient (Wildman–Crippen LogP) is 4.53. The molecule has 5 nitrogen and oxygen atoms in total. The summed E-state index contributed by atoms with van der Waals surface area (Å²) < 4.78 is 5.28. The standard InChI is InChI=1S/C24H28N2O3/c1-15(2)29-24(28)14-22(18-8-6-5-7-9-18)26-23(27)13-19-17(4)25-21-11-10-16(3)12-20(19)21/h5-12,15,22,25H,13-14H2,1-4H3,(H,26,27). The Morgan fingerprint density at radius 3 is 2.48 bits per heavy atom. The summed E-state index contributed by atoms with van der Waals surface area (Å²) in [5, 5.41) is 4.09. The number of amides is 1. The van der Waals surface area contributed by atoms with E-state index in [1.54, 1.807) is 0 Å².